The number of ether oxygens (including phenoxy) is 2. The lowest BCUT2D eigenvalue weighted by molar-refractivity contribution is 0.391. The fourth-order valence-corrected chi connectivity index (χ4v) is 2.28. The summed E-state index contributed by atoms with van der Waals surface area (Å²) in [5.41, 5.74) is 1.98. The zero-order valence-corrected chi connectivity index (χ0v) is 12.0. The van der Waals surface area contributed by atoms with E-state index >= 15 is 0 Å². The number of hydrogen-bond acceptors (Lipinski definition) is 4. The van der Waals surface area contributed by atoms with Crippen LogP contribution in [0.25, 0.3) is 5.65 Å². The van der Waals surface area contributed by atoms with Crippen LogP contribution in [0.1, 0.15) is 5.56 Å². The Bertz CT molecular complexity index is 752. The van der Waals surface area contributed by atoms with E-state index in [1.54, 1.807) is 20.4 Å². The van der Waals surface area contributed by atoms with Crippen molar-refractivity contribution in [3.8, 4) is 11.5 Å². The SMILES string of the molecule is COc1ccc(CNc2cccc3nccn23)c(OC)c1. The average molecular weight is 283 g/mol. The minimum absolute atomic E-state index is 0.657. The number of pyridine rings is 1. The van der Waals surface area contributed by atoms with E-state index < -0.39 is 0 Å². The van der Waals surface area contributed by atoms with Gasteiger partial charge in [0.05, 0.1) is 14.2 Å². The molecule has 0 saturated heterocycles. The number of anilines is 1. The highest BCUT2D eigenvalue weighted by Gasteiger charge is 2.06. The zero-order valence-electron chi connectivity index (χ0n) is 12.0. The molecule has 5 heteroatoms. The molecule has 21 heavy (non-hydrogen) atoms. The summed E-state index contributed by atoms with van der Waals surface area (Å²) in [7, 11) is 3.31. The van der Waals surface area contributed by atoms with Gasteiger partial charge in [-0.15, -0.1) is 0 Å². The van der Waals surface area contributed by atoms with Crippen LogP contribution in [0.2, 0.25) is 0 Å². The maximum absolute atomic E-state index is 5.41. The van der Waals surface area contributed by atoms with E-state index in [0.29, 0.717) is 6.54 Å². The van der Waals surface area contributed by atoms with E-state index in [0.717, 1.165) is 28.5 Å². The molecule has 5 nitrogen and oxygen atoms in total. The van der Waals surface area contributed by atoms with E-state index in [-0.39, 0.29) is 0 Å². The molecule has 0 aliphatic rings. The molecule has 0 radical (unpaired) electrons. The molecule has 0 bridgehead atoms. The molecule has 2 heterocycles. The highest BCUT2D eigenvalue weighted by Crippen LogP contribution is 2.25. The number of benzene rings is 1. The normalized spacial score (nSPS) is 10.6. The summed E-state index contributed by atoms with van der Waals surface area (Å²) in [6.45, 7) is 0.657. The average Bonchev–Trinajstić information content (AvgIpc) is 3.01. The molecule has 108 valence electrons. The number of fused-ring (bicyclic) bond motifs is 1. The lowest BCUT2D eigenvalue weighted by Crippen LogP contribution is -2.05. The van der Waals surface area contributed by atoms with E-state index in [2.05, 4.69) is 10.3 Å². The predicted molar refractivity (Wildman–Crippen MR) is 82.1 cm³/mol. The van der Waals surface area contributed by atoms with E-state index in [1.165, 1.54) is 0 Å². The van der Waals surface area contributed by atoms with Crippen molar-refractivity contribution in [2.24, 2.45) is 0 Å². The molecule has 0 amide bonds. The number of hydrogen-bond donors (Lipinski definition) is 1. The first kappa shape index (κ1) is 13.3. The van der Waals surface area contributed by atoms with Crippen LogP contribution in [0.5, 0.6) is 11.5 Å². The Balaban J connectivity index is 1.83. The van der Waals surface area contributed by atoms with Crippen LogP contribution in [0.15, 0.2) is 48.8 Å². The Morgan fingerprint density at radius 1 is 1.14 bits per heavy atom. The van der Waals surface area contributed by atoms with Gasteiger partial charge in [-0.3, -0.25) is 4.40 Å². The van der Waals surface area contributed by atoms with Crippen LogP contribution in [0.4, 0.5) is 5.82 Å². The Morgan fingerprint density at radius 3 is 2.86 bits per heavy atom. The second kappa shape index (κ2) is 5.75. The Labute approximate surface area is 123 Å². The van der Waals surface area contributed by atoms with Gasteiger partial charge in [-0.05, 0) is 24.3 Å². The molecule has 0 aliphatic carbocycles. The second-order valence-corrected chi connectivity index (χ2v) is 4.60. The van der Waals surface area contributed by atoms with Gasteiger partial charge in [0, 0.05) is 30.6 Å². The van der Waals surface area contributed by atoms with Gasteiger partial charge >= 0.3 is 0 Å². The van der Waals surface area contributed by atoms with Crippen molar-refractivity contribution < 1.29 is 9.47 Å². The lowest BCUT2D eigenvalue weighted by atomic mass is 10.2. The molecule has 0 fully saturated rings. The number of aromatic nitrogens is 2. The molecular formula is C16H17N3O2. The Hall–Kier alpha value is -2.69. The molecular weight excluding hydrogens is 266 g/mol. The van der Waals surface area contributed by atoms with Crippen molar-refractivity contribution in [1.82, 2.24) is 9.38 Å². The molecule has 3 rings (SSSR count). The lowest BCUT2D eigenvalue weighted by Gasteiger charge is -2.13. The molecule has 0 spiro atoms. The van der Waals surface area contributed by atoms with Gasteiger partial charge in [0.15, 0.2) is 0 Å². The van der Waals surface area contributed by atoms with Gasteiger partial charge in [0.2, 0.25) is 0 Å². The maximum atomic E-state index is 5.41. The van der Waals surface area contributed by atoms with Crippen LogP contribution < -0.4 is 14.8 Å². The number of nitrogens with one attached hydrogen (secondary N) is 1. The monoisotopic (exact) mass is 283 g/mol. The van der Waals surface area contributed by atoms with Gasteiger partial charge in [0.25, 0.3) is 0 Å². The largest absolute Gasteiger partial charge is 0.497 e. The van der Waals surface area contributed by atoms with Crippen LogP contribution in [-0.2, 0) is 6.54 Å². The van der Waals surface area contributed by atoms with Gasteiger partial charge in [0.1, 0.15) is 23.0 Å². The first-order valence-corrected chi connectivity index (χ1v) is 6.68. The minimum Gasteiger partial charge on any atom is -0.497 e. The molecule has 0 saturated carbocycles. The van der Waals surface area contributed by atoms with Crippen LogP contribution in [0, 0.1) is 0 Å². The summed E-state index contributed by atoms with van der Waals surface area (Å²) in [5.74, 6) is 2.58. The van der Waals surface area contributed by atoms with Crippen molar-refractivity contribution in [3.63, 3.8) is 0 Å². The number of imidazole rings is 1. The quantitative estimate of drug-likeness (QED) is 0.782. The molecule has 0 unspecified atom stereocenters. The summed E-state index contributed by atoms with van der Waals surface area (Å²) in [4.78, 5) is 4.27. The maximum Gasteiger partial charge on any atom is 0.138 e. The van der Waals surface area contributed by atoms with E-state index in [9.17, 15) is 0 Å². The third-order valence-electron chi connectivity index (χ3n) is 3.38. The van der Waals surface area contributed by atoms with E-state index in [4.69, 9.17) is 9.47 Å². The van der Waals surface area contributed by atoms with Crippen LogP contribution in [-0.4, -0.2) is 23.6 Å². The second-order valence-electron chi connectivity index (χ2n) is 4.60. The van der Waals surface area contributed by atoms with E-state index in [1.807, 2.05) is 47.0 Å². The zero-order chi connectivity index (χ0) is 14.7. The van der Waals surface area contributed by atoms with Crippen LogP contribution in [0.3, 0.4) is 0 Å². The molecule has 1 aromatic carbocycles. The Kier molecular flexibility index (Phi) is 3.64. The summed E-state index contributed by atoms with van der Waals surface area (Å²) in [5, 5.41) is 3.40. The standard InChI is InChI=1S/C16H17N3O2/c1-20-13-7-6-12(14(10-13)21-2)11-18-16-5-3-4-15-17-8-9-19(15)16/h3-10,18H,11H2,1-2H3. The van der Waals surface area contributed by atoms with Gasteiger partial charge in [-0.2, -0.15) is 0 Å². The molecule has 3 aromatic rings. The van der Waals surface area contributed by atoms with Crippen molar-refractivity contribution in [2.75, 3.05) is 19.5 Å². The number of methoxy groups -OCH3 is 2. The number of rotatable bonds is 5. The summed E-state index contributed by atoms with van der Waals surface area (Å²) < 4.78 is 12.6. The molecule has 1 N–H and O–H groups in total. The van der Waals surface area contributed by atoms with Gasteiger partial charge < -0.3 is 14.8 Å². The fourth-order valence-electron chi connectivity index (χ4n) is 2.28. The fraction of sp³-hybridized carbons (Fsp3) is 0.188. The van der Waals surface area contributed by atoms with Crippen molar-refractivity contribution in [1.29, 1.82) is 0 Å². The summed E-state index contributed by atoms with van der Waals surface area (Å²) in [6, 6.07) is 11.8. The molecule has 0 aliphatic heterocycles. The van der Waals surface area contributed by atoms with Gasteiger partial charge in [-0.1, -0.05) is 6.07 Å². The molecule has 0 atom stereocenters. The van der Waals surface area contributed by atoms with Crippen molar-refractivity contribution in [3.05, 3.63) is 54.4 Å². The predicted octanol–water partition coefficient (Wildman–Crippen LogP) is 2.96. The smallest absolute Gasteiger partial charge is 0.138 e. The Morgan fingerprint density at radius 2 is 2.05 bits per heavy atom. The summed E-state index contributed by atoms with van der Waals surface area (Å²) in [6.07, 6.45) is 3.72. The van der Waals surface area contributed by atoms with Crippen LogP contribution >= 0.6 is 0 Å². The topological polar surface area (TPSA) is 47.8 Å². The molecule has 2 aromatic heterocycles. The number of nitrogens with zero attached hydrogens (tertiary/aromatic N) is 2. The van der Waals surface area contributed by atoms with Gasteiger partial charge in [-0.25, -0.2) is 4.98 Å². The minimum atomic E-state index is 0.657. The third-order valence-corrected chi connectivity index (χ3v) is 3.38. The first-order valence-electron chi connectivity index (χ1n) is 6.68. The highest BCUT2D eigenvalue weighted by molar-refractivity contribution is 5.51. The summed E-state index contributed by atoms with van der Waals surface area (Å²) >= 11 is 0. The van der Waals surface area contributed by atoms with Crippen molar-refractivity contribution in [2.45, 2.75) is 6.54 Å². The first-order chi connectivity index (χ1) is 10.3. The van der Waals surface area contributed by atoms with Crippen molar-refractivity contribution >= 4 is 11.5 Å². The highest BCUT2D eigenvalue weighted by atomic mass is 16.5. The third kappa shape index (κ3) is 2.63.